The average molecular weight is 353 g/mol. The molecule has 1 aromatic carbocycles. The van der Waals surface area contributed by atoms with Crippen molar-refractivity contribution in [1.82, 2.24) is 9.78 Å². The van der Waals surface area contributed by atoms with E-state index in [1.54, 1.807) is 6.20 Å². The van der Waals surface area contributed by atoms with E-state index >= 15 is 0 Å². The number of anilines is 1. The highest BCUT2D eigenvalue weighted by atomic mass is 16.5. The standard InChI is InChI=1S/C21H27N3O2/c25-21(19-8-6-18(7-9-19)17-4-2-1-3-5-17)23-20-10-12-22-24(20)14-16-11-13-26-15-16/h6-10,12,16-17H,1-5,11,13-15H2,(H,23,25)/t16-/m1/s1. The van der Waals surface area contributed by atoms with Gasteiger partial charge in [0.2, 0.25) is 0 Å². The Balaban J connectivity index is 1.39. The molecule has 5 heteroatoms. The van der Waals surface area contributed by atoms with E-state index in [1.807, 2.05) is 22.9 Å². The lowest BCUT2D eigenvalue weighted by Crippen LogP contribution is -2.19. The summed E-state index contributed by atoms with van der Waals surface area (Å²) in [6.07, 6.45) is 9.34. The summed E-state index contributed by atoms with van der Waals surface area (Å²) < 4.78 is 7.30. The number of benzene rings is 1. The molecule has 0 bridgehead atoms. The predicted molar refractivity (Wildman–Crippen MR) is 101 cm³/mol. The van der Waals surface area contributed by atoms with Crippen molar-refractivity contribution in [3.05, 3.63) is 47.7 Å². The molecule has 4 rings (SSSR count). The van der Waals surface area contributed by atoms with Crippen molar-refractivity contribution in [2.45, 2.75) is 51.0 Å². The lowest BCUT2D eigenvalue weighted by Gasteiger charge is -2.22. The zero-order valence-corrected chi connectivity index (χ0v) is 15.2. The van der Waals surface area contributed by atoms with Crippen molar-refractivity contribution in [3.8, 4) is 0 Å². The molecule has 2 aromatic rings. The summed E-state index contributed by atoms with van der Waals surface area (Å²) in [7, 11) is 0. The molecule has 1 amide bonds. The van der Waals surface area contributed by atoms with E-state index in [0.717, 1.165) is 32.0 Å². The first-order valence-corrected chi connectivity index (χ1v) is 9.80. The van der Waals surface area contributed by atoms with E-state index in [9.17, 15) is 4.79 Å². The zero-order chi connectivity index (χ0) is 17.8. The van der Waals surface area contributed by atoms with Gasteiger partial charge in [-0.05, 0) is 42.9 Å². The van der Waals surface area contributed by atoms with Crippen LogP contribution in [-0.4, -0.2) is 28.9 Å². The molecule has 138 valence electrons. The summed E-state index contributed by atoms with van der Waals surface area (Å²) >= 11 is 0. The number of ether oxygens (including phenoxy) is 1. The van der Waals surface area contributed by atoms with Gasteiger partial charge in [-0.25, -0.2) is 4.68 Å². The normalized spacial score (nSPS) is 21.0. The van der Waals surface area contributed by atoms with Crippen LogP contribution in [0.25, 0.3) is 0 Å². The Hall–Kier alpha value is -2.14. The van der Waals surface area contributed by atoms with E-state index in [1.165, 1.54) is 37.7 Å². The number of nitrogens with one attached hydrogen (secondary N) is 1. The number of rotatable bonds is 5. The second kappa shape index (κ2) is 8.04. The van der Waals surface area contributed by atoms with Crippen molar-refractivity contribution < 1.29 is 9.53 Å². The van der Waals surface area contributed by atoms with Crippen molar-refractivity contribution in [1.29, 1.82) is 0 Å². The fourth-order valence-electron chi connectivity index (χ4n) is 4.09. The minimum atomic E-state index is -0.0791. The molecule has 0 spiro atoms. The third-order valence-electron chi connectivity index (χ3n) is 5.66. The third-order valence-corrected chi connectivity index (χ3v) is 5.66. The van der Waals surface area contributed by atoms with Crippen LogP contribution in [0.1, 0.15) is 60.4 Å². The Morgan fingerprint density at radius 3 is 2.65 bits per heavy atom. The molecule has 5 nitrogen and oxygen atoms in total. The van der Waals surface area contributed by atoms with Crippen LogP contribution in [0, 0.1) is 5.92 Å². The molecule has 2 fully saturated rings. The van der Waals surface area contributed by atoms with Crippen LogP contribution in [0.4, 0.5) is 5.82 Å². The molecule has 1 atom stereocenters. The average Bonchev–Trinajstić information content (AvgIpc) is 3.35. The molecule has 1 aliphatic heterocycles. The highest BCUT2D eigenvalue weighted by molar-refractivity contribution is 6.03. The van der Waals surface area contributed by atoms with Crippen molar-refractivity contribution in [2.24, 2.45) is 5.92 Å². The van der Waals surface area contributed by atoms with Gasteiger partial charge in [0, 0.05) is 30.7 Å². The molecule has 1 saturated heterocycles. The molecule has 2 heterocycles. The summed E-state index contributed by atoms with van der Waals surface area (Å²) in [6.45, 7) is 2.38. The van der Waals surface area contributed by atoms with Crippen LogP contribution in [-0.2, 0) is 11.3 Å². The highest BCUT2D eigenvalue weighted by Gasteiger charge is 2.19. The van der Waals surface area contributed by atoms with Crippen LogP contribution < -0.4 is 5.32 Å². The molecule has 1 aliphatic carbocycles. The minimum Gasteiger partial charge on any atom is -0.381 e. The van der Waals surface area contributed by atoms with Gasteiger partial charge in [-0.2, -0.15) is 5.10 Å². The molecule has 0 radical (unpaired) electrons. The maximum absolute atomic E-state index is 12.6. The minimum absolute atomic E-state index is 0.0791. The second-order valence-corrected chi connectivity index (χ2v) is 7.54. The third kappa shape index (κ3) is 3.98. The van der Waals surface area contributed by atoms with Gasteiger partial charge in [0.1, 0.15) is 5.82 Å². The number of hydrogen-bond donors (Lipinski definition) is 1. The lowest BCUT2D eigenvalue weighted by atomic mass is 9.84. The number of nitrogens with zero attached hydrogens (tertiary/aromatic N) is 2. The summed E-state index contributed by atoms with van der Waals surface area (Å²) in [5.41, 5.74) is 2.06. The largest absolute Gasteiger partial charge is 0.381 e. The van der Waals surface area contributed by atoms with E-state index in [4.69, 9.17) is 4.74 Å². The van der Waals surface area contributed by atoms with E-state index in [-0.39, 0.29) is 5.91 Å². The monoisotopic (exact) mass is 353 g/mol. The SMILES string of the molecule is O=C(Nc1ccnn1C[C@H]1CCOC1)c1ccc(C2CCCCC2)cc1. The van der Waals surface area contributed by atoms with Crippen molar-refractivity contribution >= 4 is 11.7 Å². The zero-order valence-electron chi connectivity index (χ0n) is 15.2. The first-order valence-electron chi connectivity index (χ1n) is 9.80. The number of hydrogen-bond acceptors (Lipinski definition) is 3. The Bertz CT molecular complexity index is 726. The molecular weight excluding hydrogens is 326 g/mol. The van der Waals surface area contributed by atoms with Crippen LogP contribution in [0.15, 0.2) is 36.5 Å². The Morgan fingerprint density at radius 2 is 1.92 bits per heavy atom. The predicted octanol–water partition coefficient (Wildman–Crippen LogP) is 4.22. The number of carbonyl (C=O) groups is 1. The lowest BCUT2D eigenvalue weighted by molar-refractivity contribution is 0.102. The first-order chi connectivity index (χ1) is 12.8. The maximum Gasteiger partial charge on any atom is 0.256 e. The van der Waals surface area contributed by atoms with E-state index in [2.05, 4.69) is 22.5 Å². The molecule has 1 saturated carbocycles. The second-order valence-electron chi connectivity index (χ2n) is 7.54. The molecule has 0 unspecified atom stereocenters. The van der Waals surface area contributed by atoms with Gasteiger partial charge in [0.15, 0.2) is 0 Å². The van der Waals surface area contributed by atoms with Crippen LogP contribution in [0.3, 0.4) is 0 Å². The van der Waals surface area contributed by atoms with E-state index < -0.39 is 0 Å². The Morgan fingerprint density at radius 1 is 1.12 bits per heavy atom. The van der Waals surface area contributed by atoms with Crippen LogP contribution in [0.5, 0.6) is 0 Å². The quantitative estimate of drug-likeness (QED) is 0.875. The Labute approximate surface area is 154 Å². The number of amides is 1. The smallest absolute Gasteiger partial charge is 0.256 e. The first kappa shape index (κ1) is 17.3. The van der Waals surface area contributed by atoms with Gasteiger partial charge in [-0.1, -0.05) is 31.4 Å². The molecule has 1 N–H and O–H groups in total. The van der Waals surface area contributed by atoms with Gasteiger partial charge in [0.05, 0.1) is 12.8 Å². The van der Waals surface area contributed by atoms with Gasteiger partial charge < -0.3 is 10.1 Å². The maximum atomic E-state index is 12.6. The topological polar surface area (TPSA) is 56.2 Å². The Kier molecular flexibility index (Phi) is 5.34. The molecule has 2 aliphatic rings. The summed E-state index contributed by atoms with van der Waals surface area (Å²) in [4.78, 5) is 12.6. The van der Waals surface area contributed by atoms with Crippen molar-refractivity contribution in [3.63, 3.8) is 0 Å². The molecule has 26 heavy (non-hydrogen) atoms. The van der Waals surface area contributed by atoms with Crippen LogP contribution >= 0.6 is 0 Å². The fourth-order valence-corrected chi connectivity index (χ4v) is 4.09. The van der Waals surface area contributed by atoms with Gasteiger partial charge >= 0.3 is 0 Å². The number of aromatic nitrogens is 2. The molecular formula is C21H27N3O2. The highest BCUT2D eigenvalue weighted by Crippen LogP contribution is 2.32. The molecule has 1 aromatic heterocycles. The summed E-state index contributed by atoms with van der Waals surface area (Å²) in [6, 6.07) is 10.00. The fraction of sp³-hybridized carbons (Fsp3) is 0.524. The van der Waals surface area contributed by atoms with Gasteiger partial charge in [-0.15, -0.1) is 0 Å². The number of carbonyl (C=O) groups excluding carboxylic acids is 1. The summed E-state index contributed by atoms with van der Waals surface area (Å²) in [5, 5.41) is 7.35. The van der Waals surface area contributed by atoms with Crippen LogP contribution in [0.2, 0.25) is 0 Å². The van der Waals surface area contributed by atoms with Gasteiger partial charge in [-0.3, -0.25) is 4.79 Å². The van der Waals surface area contributed by atoms with E-state index in [0.29, 0.717) is 17.4 Å². The van der Waals surface area contributed by atoms with Crippen molar-refractivity contribution in [2.75, 3.05) is 18.5 Å². The summed E-state index contributed by atoms with van der Waals surface area (Å²) in [5.74, 6) is 1.80. The van der Waals surface area contributed by atoms with Gasteiger partial charge in [0.25, 0.3) is 5.91 Å².